The highest BCUT2D eigenvalue weighted by molar-refractivity contribution is 5.80. The van der Waals surface area contributed by atoms with Gasteiger partial charge < -0.3 is 14.8 Å². The van der Waals surface area contributed by atoms with E-state index >= 15 is 0 Å². The second kappa shape index (κ2) is 6.57. The quantitative estimate of drug-likeness (QED) is 0.729. The molecule has 0 bridgehead atoms. The summed E-state index contributed by atoms with van der Waals surface area (Å²) >= 11 is 0. The Labute approximate surface area is 124 Å². The number of fused-ring (bicyclic) bond motifs is 1. The number of furan rings is 1. The summed E-state index contributed by atoms with van der Waals surface area (Å²) in [5, 5.41) is 14.1. The third-order valence-electron chi connectivity index (χ3n) is 3.69. The van der Waals surface area contributed by atoms with Crippen LogP contribution in [0.5, 0.6) is 0 Å². The summed E-state index contributed by atoms with van der Waals surface area (Å²) in [5.74, 6) is 0. The number of hydrogen-bond donors (Lipinski definition) is 2. The van der Waals surface area contributed by atoms with Crippen LogP contribution in [0.15, 0.2) is 65.3 Å². The van der Waals surface area contributed by atoms with Crippen molar-refractivity contribution < 1.29 is 9.52 Å². The second-order valence-corrected chi connectivity index (χ2v) is 5.21. The molecular formula is C18H19NO2. The van der Waals surface area contributed by atoms with Crippen molar-refractivity contribution in [2.45, 2.75) is 19.0 Å². The van der Waals surface area contributed by atoms with E-state index in [1.54, 1.807) is 6.26 Å². The van der Waals surface area contributed by atoms with Crippen molar-refractivity contribution in [2.75, 3.05) is 6.61 Å². The molecule has 0 aliphatic heterocycles. The predicted octanol–water partition coefficient (Wildman–Crippen LogP) is 3.13. The first-order valence-corrected chi connectivity index (χ1v) is 7.20. The number of hydrogen-bond acceptors (Lipinski definition) is 3. The number of rotatable bonds is 6. The summed E-state index contributed by atoms with van der Waals surface area (Å²) in [6, 6.07) is 18.2. The summed E-state index contributed by atoms with van der Waals surface area (Å²) in [4.78, 5) is 0. The molecule has 3 rings (SSSR count). The van der Waals surface area contributed by atoms with Gasteiger partial charge in [-0.15, -0.1) is 0 Å². The highest BCUT2D eigenvalue weighted by atomic mass is 16.3. The molecule has 0 aliphatic rings. The number of nitrogens with one attached hydrogen (secondary N) is 1. The maximum Gasteiger partial charge on any atom is 0.134 e. The van der Waals surface area contributed by atoms with Gasteiger partial charge in [0.2, 0.25) is 0 Å². The molecule has 1 atom stereocenters. The molecule has 2 N–H and O–H groups in total. The Morgan fingerprint density at radius 3 is 2.57 bits per heavy atom. The molecule has 3 aromatic rings. The number of para-hydroxylation sites is 1. The highest BCUT2D eigenvalue weighted by Crippen LogP contribution is 2.20. The third kappa shape index (κ3) is 3.32. The third-order valence-corrected chi connectivity index (χ3v) is 3.69. The van der Waals surface area contributed by atoms with Crippen molar-refractivity contribution in [2.24, 2.45) is 0 Å². The fraction of sp³-hybridized carbons (Fsp3) is 0.222. The van der Waals surface area contributed by atoms with Gasteiger partial charge in [0, 0.05) is 23.5 Å². The Balaban J connectivity index is 1.65. The smallest absolute Gasteiger partial charge is 0.134 e. The maximum atomic E-state index is 9.54. The lowest BCUT2D eigenvalue weighted by molar-refractivity contribution is 0.241. The molecule has 0 aliphatic carbocycles. The van der Waals surface area contributed by atoms with Gasteiger partial charge in [-0.3, -0.25) is 0 Å². The molecule has 108 valence electrons. The lowest BCUT2D eigenvalue weighted by Crippen LogP contribution is -2.33. The fourth-order valence-corrected chi connectivity index (χ4v) is 2.52. The molecule has 0 radical (unpaired) electrons. The summed E-state index contributed by atoms with van der Waals surface area (Å²) in [6.45, 7) is 0.805. The van der Waals surface area contributed by atoms with Gasteiger partial charge in [-0.05, 0) is 18.1 Å². The summed E-state index contributed by atoms with van der Waals surface area (Å²) < 4.78 is 5.53. The van der Waals surface area contributed by atoms with Gasteiger partial charge in [0.05, 0.1) is 12.9 Å². The van der Waals surface area contributed by atoms with Gasteiger partial charge in [0.25, 0.3) is 0 Å². The molecule has 0 saturated carbocycles. The van der Waals surface area contributed by atoms with E-state index in [1.165, 1.54) is 5.56 Å². The average Bonchev–Trinajstić information content (AvgIpc) is 2.96. The Morgan fingerprint density at radius 2 is 1.76 bits per heavy atom. The first-order chi connectivity index (χ1) is 10.4. The summed E-state index contributed by atoms with van der Waals surface area (Å²) in [5.41, 5.74) is 3.25. The Bertz CT molecular complexity index is 691. The van der Waals surface area contributed by atoms with Crippen LogP contribution in [0.3, 0.4) is 0 Å². The molecule has 0 saturated heterocycles. The minimum atomic E-state index is 0.0427. The van der Waals surface area contributed by atoms with Crippen LogP contribution in [0.2, 0.25) is 0 Å². The van der Waals surface area contributed by atoms with Crippen LogP contribution in [0.25, 0.3) is 11.0 Å². The van der Waals surface area contributed by atoms with Gasteiger partial charge in [0.1, 0.15) is 5.58 Å². The molecular weight excluding hydrogens is 262 g/mol. The number of aliphatic hydroxyl groups is 1. The van der Waals surface area contributed by atoms with Crippen LogP contribution in [-0.2, 0) is 13.0 Å². The first-order valence-electron chi connectivity index (χ1n) is 7.20. The van der Waals surface area contributed by atoms with Crippen LogP contribution in [0.4, 0.5) is 0 Å². The molecule has 3 heteroatoms. The van der Waals surface area contributed by atoms with Crippen LogP contribution >= 0.6 is 0 Å². The minimum Gasteiger partial charge on any atom is -0.464 e. The highest BCUT2D eigenvalue weighted by Gasteiger charge is 2.10. The summed E-state index contributed by atoms with van der Waals surface area (Å²) in [6.07, 6.45) is 2.60. The van der Waals surface area contributed by atoms with E-state index in [-0.39, 0.29) is 12.6 Å². The zero-order chi connectivity index (χ0) is 14.5. The maximum absolute atomic E-state index is 9.54. The van der Waals surface area contributed by atoms with E-state index in [0.29, 0.717) is 6.54 Å². The van der Waals surface area contributed by atoms with Crippen molar-refractivity contribution in [3.63, 3.8) is 0 Å². The van der Waals surface area contributed by atoms with E-state index in [4.69, 9.17) is 4.42 Å². The number of benzene rings is 2. The molecule has 1 aromatic heterocycles. The molecule has 0 spiro atoms. The van der Waals surface area contributed by atoms with Crippen molar-refractivity contribution in [3.8, 4) is 0 Å². The molecule has 2 aromatic carbocycles. The normalized spacial score (nSPS) is 12.6. The van der Waals surface area contributed by atoms with Crippen molar-refractivity contribution in [3.05, 3.63) is 72.0 Å². The fourth-order valence-electron chi connectivity index (χ4n) is 2.52. The zero-order valence-electron chi connectivity index (χ0n) is 11.8. The summed E-state index contributed by atoms with van der Waals surface area (Å²) in [7, 11) is 0. The van der Waals surface area contributed by atoms with E-state index < -0.39 is 0 Å². The van der Waals surface area contributed by atoms with Gasteiger partial charge in [-0.2, -0.15) is 0 Å². The van der Waals surface area contributed by atoms with Crippen LogP contribution in [-0.4, -0.2) is 17.8 Å². The van der Waals surface area contributed by atoms with E-state index in [0.717, 1.165) is 23.0 Å². The minimum absolute atomic E-state index is 0.0427. The predicted molar refractivity (Wildman–Crippen MR) is 84.1 cm³/mol. The van der Waals surface area contributed by atoms with Gasteiger partial charge in [-0.1, -0.05) is 48.5 Å². The Hall–Kier alpha value is -2.10. The van der Waals surface area contributed by atoms with Crippen molar-refractivity contribution in [1.82, 2.24) is 5.32 Å². The molecule has 0 fully saturated rings. The molecule has 0 amide bonds. The molecule has 21 heavy (non-hydrogen) atoms. The lowest BCUT2D eigenvalue weighted by atomic mass is 10.1. The molecule has 1 unspecified atom stereocenters. The Kier molecular flexibility index (Phi) is 4.34. The van der Waals surface area contributed by atoms with Crippen molar-refractivity contribution >= 4 is 11.0 Å². The number of aliphatic hydroxyl groups excluding tert-OH is 1. The lowest BCUT2D eigenvalue weighted by Gasteiger charge is -2.16. The molecule has 3 nitrogen and oxygen atoms in total. The van der Waals surface area contributed by atoms with E-state index in [9.17, 15) is 5.11 Å². The molecule has 1 heterocycles. The zero-order valence-corrected chi connectivity index (χ0v) is 11.8. The van der Waals surface area contributed by atoms with Gasteiger partial charge in [-0.25, -0.2) is 0 Å². The standard InChI is InChI=1S/C18H19NO2/c20-12-16(10-14-6-2-1-3-7-14)19-11-15-13-21-18-9-5-4-8-17(15)18/h1-9,13,16,19-20H,10-12H2. The van der Waals surface area contributed by atoms with Crippen molar-refractivity contribution in [1.29, 1.82) is 0 Å². The van der Waals surface area contributed by atoms with E-state index in [2.05, 4.69) is 23.5 Å². The van der Waals surface area contributed by atoms with E-state index in [1.807, 2.05) is 36.4 Å². The second-order valence-electron chi connectivity index (χ2n) is 5.21. The average molecular weight is 281 g/mol. The SMILES string of the molecule is OCC(Cc1ccccc1)NCc1coc2ccccc12. The Morgan fingerprint density at radius 1 is 1.00 bits per heavy atom. The topological polar surface area (TPSA) is 45.4 Å². The van der Waals surface area contributed by atoms with Gasteiger partial charge >= 0.3 is 0 Å². The van der Waals surface area contributed by atoms with Crippen LogP contribution in [0, 0.1) is 0 Å². The van der Waals surface area contributed by atoms with Crippen LogP contribution < -0.4 is 5.32 Å². The van der Waals surface area contributed by atoms with Crippen LogP contribution in [0.1, 0.15) is 11.1 Å². The van der Waals surface area contributed by atoms with Gasteiger partial charge in [0.15, 0.2) is 0 Å². The first kappa shape index (κ1) is 13.9. The monoisotopic (exact) mass is 281 g/mol. The largest absolute Gasteiger partial charge is 0.464 e.